The van der Waals surface area contributed by atoms with E-state index in [9.17, 15) is 0 Å². The monoisotopic (exact) mass is 736 g/mol. The molecule has 0 saturated carbocycles. The molecule has 298 valence electrons. The molecule has 0 saturated heterocycles. The Hall–Kier alpha value is 0.500. The van der Waals surface area contributed by atoms with Crippen molar-refractivity contribution < 1.29 is 20.1 Å². The number of aliphatic hydroxyl groups is 3. The lowest BCUT2D eigenvalue weighted by Crippen LogP contribution is -2.50. The minimum absolute atomic E-state index is 0.403. The van der Waals surface area contributed by atoms with Gasteiger partial charge in [-0.2, -0.15) is 23.5 Å². The molecule has 0 aromatic rings. The minimum atomic E-state index is -1.21. The fraction of sp³-hybridized carbons (Fsp3) is 1.00. The normalized spacial score (nSPS) is 11.6. The van der Waals surface area contributed by atoms with Crippen LogP contribution in [-0.2, 0) is 4.74 Å². The topological polar surface area (TPSA) is 95.9 Å². The van der Waals surface area contributed by atoms with E-state index < -0.39 is 25.4 Å². The predicted octanol–water partition coefficient (Wildman–Crippen LogP) is 11.9. The summed E-state index contributed by atoms with van der Waals surface area (Å²) in [5, 5.41) is 25.0. The number of aliphatic hydroxyl groups excluding tert-OH is 3. The van der Waals surface area contributed by atoms with Crippen molar-refractivity contribution in [1.82, 2.24) is 0 Å². The maximum absolute atomic E-state index is 8.34. The van der Waals surface area contributed by atoms with Crippen LogP contribution in [0.1, 0.15) is 206 Å². The van der Waals surface area contributed by atoms with Gasteiger partial charge in [0, 0.05) is 13.2 Å². The van der Waals surface area contributed by atoms with E-state index in [1.54, 1.807) is 0 Å². The summed E-state index contributed by atoms with van der Waals surface area (Å²) in [5.74, 6) is 5.28. The molecule has 7 heteroatoms. The maximum atomic E-state index is 8.34. The van der Waals surface area contributed by atoms with Gasteiger partial charge in [0.1, 0.15) is 0 Å². The second-order valence-corrected chi connectivity index (χ2v) is 17.0. The van der Waals surface area contributed by atoms with Crippen LogP contribution >= 0.6 is 23.5 Å². The fourth-order valence-corrected chi connectivity index (χ4v) is 7.65. The lowest BCUT2D eigenvalue weighted by Gasteiger charge is -2.20. The Morgan fingerprint density at radius 1 is 0.367 bits per heavy atom. The third kappa shape index (κ3) is 46.5. The van der Waals surface area contributed by atoms with Crippen LogP contribution in [0.15, 0.2) is 0 Å². The van der Waals surface area contributed by atoms with Crippen molar-refractivity contribution in [2.24, 2.45) is 5.73 Å². The summed E-state index contributed by atoms with van der Waals surface area (Å²) < 4.78 is 5.86. The highest BCUT2D eigenvalue weighted by Crippen LogP contribution is 2.16. The molecule has 0 aromatic carbocycles. The van der Waals surface area contributed by atoms with Crippen LogP contribution in [0.25, 0.3) is 0 Å². The zero-order chi connectivity index (χ0) is 36.2. The van der Waals surface area contributed by atoms with Gasteiger partial charge in [-0.05, 0) is 48.7 Å². The van der Waals surface area contributed by atoms with Gasteiger partial charge in [-0.15, -0.1) is 0 Å². The molecule has 0 aliphatic carbocycles. The molecular formula is C42H89NO4S2. The van der Waals surface area contributed by atoms with E-state index >= 15 is 0 Å². The van der Waals surface area contributed by atoms with Crippen molar-refractivity contribution in [2.75, 3.05) is 56.0 Å². The Balaban J connectivity index is 0. The summed E-state index contributed by atoms with van der Waals surface area (Å²) in [7, 11) is 0. The summed E-state index contributed by atoms with van der Waals surface area (Å²) in [6, 6.07) is 0. The maximum Gasteiger partial charge on any atom is 0.0856 e. The largest absolute Gasteiger partial charge is 0.394 e. The van der Waals surface area contributed by atoms with Crippen molar-refractivity contribution in [2.45, 2.75) is 212 Å². The number of nitrogens with two attached hydrogens (primary N) is 1. The third-order valence-corrected chi connectivity index (χ3v) is 11.7. The van der Waals surface area contributed by atoms with Crippen LogP contribution in [0.5, 0.6) is 0 Å². The van der Waals surface area contributed by atoms with Gasteiger partial charge >= 0.3 is 0 Å². The number of thioether (sulfide) groups is 2. The molecule has 0 fully saturated rings. The van der Waals surface area contributed by atoms with Gasteiger partial charge in [0.05, 0.1) is 25.4 Å². The first kappa shape index (κ1) is 51.6. The SMILES string of the molecule is CCCCCCCCCCCCCCCCSCCCOCCCSCCCCCCCCCCCCCCCC.NC(CO)(CO)CO. The highest BCUT2D eigenvalue weighted by atomic mass is 32.2. The highest BCUT2D eigenvalue weighted by molar-refractivity contribution is 7.99. The molecule has 0 unspecified atom stereocenters. The third-order valence-electron chi connectivity index (χ3n) is 9.38. The number of ether oxygens (including phenoxy) is 1. The molecule has 0 heterocycles. The molecule has 0 bridgehead atoms. The van der Waals surface area contributed by atoms with Crippen LogP contribution in [-0.4, -0.2) is 76.9 Å². The van der Waals surface area contributed by atoms with E-state index in [-0.39, 0.29) is 0 Å². The van der Waals surface area contributed by atoms with Crippen LogP contribution in [0.4, 0.5) is 0 Å². The van der Waals surface area contributed by atoms with Crippen LogP contribution in [0, 0.1) is 0 Å². The molecule has 5 nitrogen and oxygen atoms in total. The lowest BCUT2D eigenvalue weighted by atomic mass is 10.0. The quantitative estimate of drug-likeness (QED) is 0.0464. The zero-order valence-corrected chi connectivity index (χ0v) is 34.9. The molecular weight excluding hydrogens is 647 g/mol. The van der Waals surface area contributed by atoms with E-state index in [0.29, 0.717) is 0 Å². The van der Waals surface area contributed by atoms with Crippen molar-refractivity contribution in [3.05, 3.63) is 0 Å². The Labute approximate surface area is 316 Å². The van der Waals surface area contributed by atoms with Gasteiger partial charge in [-0.25, -0.2) is 0 Å². The second kappa shape index (κ2) is 46.5. The summed E-state index contributed by atoms with van der Waals surface area (Å²) in [6.45, 7) is 5.33. The van der Waals surface area contributed by atoms with Gasteiger partial charge in [-0.3, -0.25) is 0 Å². The zero-order valence-electron chi connectivity index (χ0n) is 33.2. The van der Waals surface area contributed by atoms with Crippen LogP contribution in [0.2, 0.25) is 0 Å². The summed E-state index contributed by atoms with van der Waals surface area (Å²) in [4.78, 5) is 0. The molecule has 5 N–H and O–H groups in total. The Morgan fingerprint density at radius 2 is 0.592 bits per heavy atom. The summed E-state index contributed by atoms with van der Waals surface area (Å²) in [5.41, 5.74) is 3.94. The van der Waals surface area contributed by atoms with E-state index in [2.05, 4.69) is 37.4 Å². The van der Waals surface area contributed by atoms with Gasteiger partial charge in [0.15, 0.2) is 0 Å². The first-order valence-electron chi connectivity index (χ1n) is 21.4. The summed E-state index contributed by atoms with van der Waals surface area (Å²) in [6.07, 6.45) is 43.2. The van der Waals surface area contributed by atoms with E-state index in [4.69, 9.17) is 25.8 Å². The van der Waals surface area contributed by atoms with Gasteiger partial charge in [0.25, 0.3) is 0 Å². The molecule has 0 radical (unpaired) electrons. The molecule has 0 aliphatic heterocycles. The summed E-state index contributed by atoms with van der Waals surface area (Å²) >= 11 is 4.29. The van der Waals surface area contributed by atoms with Crippen molar-refractivity contribution in [1.29, 1.82) is 0 Å². The molecule has 0 atom stereocenters. The Bertz CT molecular complexity index is 523. The van der Waals surface area contributed by atoms with Gasteiger partial charge < -0.3 is 25.8 Å². The first-order valence-corrected chi connectivity index (χ1v) is 23.8. The van der Waals surface area contributed by atoms with E-state index in [0.717, 1.165) is 13.2 Å². The predicted molar refractivity (Wildman–Crippen MR) is 224 cm³/mol. The highest BCUT2D eigenvalue weighted by Gasteiger charge is 2.20. The Morgan fingerprint density at radius 3 is 0.816 bits per heavy atom. The van der Waals surface area contributed by atoms with Crippen molar-refractivity contribution >= 4 is 23.5 Å². The molecule has 0 rings (SSSR count). The van der Waals surface area contributed by atoms with Crippen LogP contribution < -0.4 is 5.73 Å². The fourth-order valence-electron chi connectivity index (χ4n) is 5.78. The molecule has 0 aromatic heterocycles. The first-order chi connectivity index (χ1) is 24.1. The number of rotatable bonds is 41. The van der Waals surface area contributed by atoms with Crippen molar-refractivity contribution in [3.63, 3.8) is 0 Å². The average Bonchev–Trinajstić information content (AvgIpc) is 3.13. The number of hydrogen-bond donors (Lipinski definition) is 4. The molecule has 49 heavy (non-hydrogen) atoms. The van der Waals surface area contributed by atoms with Crippen molar-refractivity contribution in [3.8, 4) is 0 Å². The van der Waals surface area contributed by atoms with Crippen LogP contribution in [0.3, 0.4) is 0 Å². The van der Waals surface area contributed by atoms with E-state index in [1.165, 1.54) is 216 Å². The van der Waals surface area contributed by atoms with E-state index in [1.807, 2.05) is 0 Å². The lowest BCUT2D eigenvalue weighted by molar-refractivity contribution is 0.0697. The average molecular weight is 736 g/mol. The van der Waals surface area contributed by atoms with Gasteiger partial charge in [-0.1, -0.05) is 181 Å². The number of hydrogen-bond acceptors (Lipinski definition) is 7. The molecule has 0 amide bonds. The number of unbranched alkanes of at least 4 members (excludes halogenated alkanes) is 26. The molecule has 0 spiro atoms. The van der Waals surface area contributed by atoms with Gasteiger partial charge in [0.2, 0.25) is 0 Å². The standard InChI is InChI=1S/C38H78OS2.C4H11NO3/c1-3-5-7-9-11-13-15-17-19-21-23-25-27-29-35-40-37-31-33-39-34-32-38-41-36-30-28-26-24-22-20-18-16-14-12-10-8-6-4-2;5-4(1-6,2-7)3-8/h3-38H2,1-2H3;6-8H,1-3,5H2. The Kier molecular flexibility index (Phi) is 49.0. The molecule has 0 aliphatic rings. The second-order valence-electron chi connectivity index (χ2n) is 14.6. The minimum Gasteiger partial charge on any atom is -0.394 e. The smallest absolute Gasteiger partial charge is 0.0856 e.